The summed E-state index contributed by atoms with van der Waals surface area (Å²) in [6.45, 7) is 7.04. The van der Waals surface area contributed by atoms with Gasteiger partial charge in [-0.15, -0.1) is 0 Å². The standard InChI is InChI=1S/C45H73S4.3CH3.Sn/c1-4-6-8-10-12-14-16-18-20-22-24-26-28-30-32-34-38-36-46-42-40(38)48-45-43-41(49-44(42)45)39(37(3)47-43)35-33-31-29-27-25-23-21-19-17-15-13-11-9-7-5-2;;;;/h4-35H2,1-3H3;3*1H3;. The third-order valence-electron chi connectivity index (χ3n) is 11.9. The van der Waals surface area contributed by atoms with E-state index in [4.69, 9.17) is 0 Å². The molecule has 0 fully saturated rings. The van der Waals surface area contributed by atoms with Gasteiger partial charge in [-0.25, -0.2) is 0 Å². The predicted octanol–water partition coefficient (Wildman–Crippen LogP) is 19.1. The van der Waals surface area contributed by atoms with Gasteiger partial charge in [-0.05, 0) is 0 Å². The second-order valence-electron chi connectivity index (χ2n) is 17.9. The van der Waals surface area contributed by atoms with Gasteiger partial charge in [-0.1, -0.05) is 123 Å². The fraction of sp³-hybridized carbons (Fsp3) is 0.792. The average Bonchev–Trinajstić information content (AvgIpc) is 3.85. The van der Waals surface area contributed by atoms with E-state index in [0.717, 1.165) is 0 Å². The average molecular weight is 906 g/mol. The topological polar surface area (TPSA) is 0 Å². The Morgan fingerprint density at radius 3 is 0.962 bits per heavy atom. The van der Waals surface area contributed by atoms with Crippen LogP contribution in [0, 0.1) is 6.92 Å². The molecule has 4 heterocycles. The summed E-state index contributed by atoms with van der Waals surface area (Å²) in [6, 6.07) is 0. The molecule has 5 heteroatoms. The Hall–Kier alpha value is 0.379. The first kappa shape index (κ1) is 46.1. The van der Waals surface area contributed by atoms with Crippen molar-refractivity contribution in [2.24, 2.45) is 0 Å². The third-order valence-corrected chi connectivity index (χ3v) is 27.0. The first-order valence-electron chi connectivity index (χ1n) is 23.3. The van der Waals surface area contributed by atoms with Crippen LogP contribution in [-0.4, -0.2) is 18.4 Å². The van der Waals surface area contributed by atoms with Crippen molar-refractivity contribution in [2.45, 2.75) is 241 Å². The molecule has 0 atom stereocenters. The molecule has 0 N–H and O–H groups in total. The van der Waals surface area contributed by atoms with E-state index < -0.39 is 18.4 Å². The van der Waals surface area contributed by atoms with Crippen LogP contribution in [0.5, 0.6) is 0 Å². The molecule has 0 nitrogen and oxygen atoms in total. The van der Waals surface area contributed by atoms with Gasteiger partial charge >= 0.3 is 229 Å². The Morgan fingerprint density at radius 2 is 0.604 bits per heavy atom. The second-order valence-corrected chi connectivity index (χ2v) is 37.5. The minimum atomic E-state index is -2.20. The molecular formula is C48H82S4Sn. The molecule has 0 aliphatic rings. The fourth-order valence-corrected chi connectivity index (χ4v) is 21.9. The molecule has 0 amide bonds. The quantitative estimate of drug-likeness (QED) is 0.0330. The molecule has 0 saturated carbocycles. The van der Waals surface area contributed by atoms with E-state index in [0.29, 0.717) is 0 Å². The summed E-state index contributed by atoms with van der Waals surface area (Å²) in [5.41, 5.74) is 3.50. The van der Waals surface area contributed by atoms with Crippen molar-refractivity contribution in [3.63, 3.8) is 0 Å². The first-order valence-corrected chi connectivity index (χ1v) is 36.5. The van der Waals surface area contributed by atoms with Gasteiger partial charge in [0.15, 0.2) is 0 Å². The van der Waals surface area contributed by atoms with Gasteiger partial charge in [0, 0.05) is 0 Å². The van der Waals surface area contributed by atoms with Gasteiger partial charge in [0.2, 0.25) is 0 Å². The molecule has 4 rings (SSSR count). The molecule has 302 valence electrons. The zero-order valence-electron chi connectivity index (χ0n) is 35.8. The van der Waals surface area contributed by atoms with Crippen molar-refractivity contribution in [3.8, 4) is 0 Å². The van der Waals surface area contributed by atoms with E-state index >= 15 is 0 Å². The molecule has 0 aromatic carbocycles. The van der Waals surface area contributed by atoms with Crippen molar-refractivity contribution in [3.05, 3.63) is 16.0 Å². The summed E-state index contributed by atoms with van der Waals surface area (Å²) in [7, 11) is 0. The van der Waals surface area contributed by atoms with Gasteiger partial charge in [-0.3, -0.25) is 0 Å². The van der Waals surface area contributed by atoms with Crippen LogP contribution in [0.1, 0.15) is 222 Å². The summed E-state index contributed by atoms with van der Waals surface area (Å²) < 4.78 is 11.8. The van der Waals surface area contributed by atoms with E-state index in [9.17, 15) is 0 Å². The van der Waals surface area contributed by atoms with Crippen molar-refractivity contribution in [1.29, 1.82) is 0 Å². The molecular weight excluding hydrogens is 824 g/mol. The number of aryl methyl sites for hydroxylation is 3. The molecule has 0 bridgehead atoms. The summed E-state index contributed by atoms with van der Waals surface area (Å²) >= 11 is 6.51. The van der Waals surface area contributed by atoms with Gasteiger partial charge in [-0.2, -0.15) is 0 Å². The third kappa shape index (κ3) is 15.6. The maximum absolute atomic E-state index is 2.66. The number of fused-ring (bicyclic) bond motifs is 5. The van der Waals surface area contributed by atoms with Crippen molar-refractivity contribution >= 4 is 94.8 Å². The molecule has 0 aliphatic carbocycles. The van der Waals surface area contributed by atoms with Crippen molar-refractivity contribution in [1.82, 2.24) is 0 Å². The molecule has 53 heavy (non-hydrogen) atoms. The maximum atomic E-state index is 2.66. The Balaban J connectivity index is 1.17. The van der Waals surface area contributed by atoms with E-state index in [2.05, 4.69) is 80.9 Å². The molecule has 0 unspecified atom stereocenters. The normalized spacial score (nSPS) is 12.5. The fourth-order valence-electron chi connectivity index (χ4n) is 8.59. The van der Waals surface area contributed by atoms with Crippen LogP contribution in [0.15, 0.2) is 0 Å². The zero-order chi connectivity index (χ0) is 37.7. The van der Waals surface area contributed by atoms with Gasteiger partial charge in [0.1, 0.15) is 0 Å². The van der Waals surface area contributed by atoms with Gasteiger partial charge in [0.25, 0.3) is 0 Å². The van der Waals surface area contributed by atoms with Crippen LogP contribution in [0.25, 0.3) is 28.2 Å². The number of thiophene rings is 4. The molecule has 0 radical (unpaired) electrons. The van der Waals surface area contributed by atoms with Crippen LogP contribution < -0.4 is 2.89 Å². The minimum absolute atomic E-state index is 1.29. The molecule has 0 saturated heterocycles. The van der Waals surface area contributed by atoms with Crippen LogP contribution in [0.3, 0.4) is 0 Å². The van der Waals surface area contributed by atoms with Gasteiger partial charge in [0.05, 0.1) is 0 Å². The van der Waals surface area contributed by atoms with E-state index in [1.54, 1.807) is 44.2 Å². The van der Waals surface area contributed by atoms with Crippen molar-refractivity contribution in [2.75, 3.05) is 0 Å². The van der Waals surface area contributed by atoms with Crippen LogP contribution >= 0.6 is 45.3 Å². The van der Waals surface area contributed by atoms with Crippen molar-refractivity contribution < 1.29 is 0 Å². The summed E-state index contributed by atoms with van der Waals surface area (Å²) in [5, 5.41) is 0. The Labute approximate surface area is 349 Å². The van der Waals surface area contributed by atoms with E-state index in [1.165, 1.54) is 205 Å². The van der Waals surface area contributed by atoms with Crippen LogP contribution in [0.2, 0.25) is 14.8 Å². The monoisotopic (exact) mass is 906 g/mol. The predicted molar refractivity (Wildman–Crippen MR) is 255 cm³/mol. The Bertz CT molecular complexity index is 1520. The molecule has 4 aromatic heterocycles. The second kappa shape index (κ2) is 26.4. The van der Waals surface area contributed by atoms with Crippen LogP contribution in [0.4, 0.5) is 0 Å². The Morgan fingerprint density at radius 1 is 0.321 bits per heavy atom. The molecule has 4 aromatic rings. The summed E-state index contributed by atoms with van der Waals surface area (Å²) in [6.07, 6.45) is 46.0. The summed E-state index contributed by atoms with van der Waals surface area (Å²) in [5.74, 6) is 0. The number of rotatable bonds is 33. The zero-order valence-corrected chi connectivity index (χ0v) is 41.9. The molecule has 0 spiro atoms. The van der Waals surface area contributed by atoms with E-state index in [1.807, 2.05) is 2.89 Å². The number of unbranched alkanes of at least 4 members (excludes halogenated alkanes) is 28. The summed E-state index contributed by atoms with van der Waals surface area (Å²) in [4.78, 5) is 9.56. The van der Waals surface area contributed by atoms with Gasteiger partial charge < -0.3 is 0 Å². The SMILES string of the molecule is CCCCCCCCCCCCCCCCCc1c(C)sc2c1sc1c3s[c]([Sn]([CH3])([CH3])[CH3])c(CCCCCCCCCCCCCCCCC)c3sc21. The molecule has 0 aliphatic heterocycles. The number of hydrogen-bond donors (Lipinski definition) is 0. The number of hydrogen-bond acceptors (Lipinski definition) is 4. The Kier molecular flexibility index (Phi) is 22.9. The van der Waals surface area contributed by atoms with E-state index in [-0.39, 0.29) is 0 Å². The van der Waals surface area contributed by atoms with Crippen LogP contribution in [-0.2, 0) is 12.8 Å². The first-order chi connectivity index (χ1) is 25.9.